The van der Waals surface area contributed by atoms with Gasteiger partial charge in [0.2, 0.25) is 20.0 Å². The molecule has 0 aliphatic carbocycles. The molecule has 0 amide bonds. The number of nitrogens with one attached hydrogen (secondary N) is 2. The first-order valence-corrected chi connectivity index (χ1v) is 9.85. The molecule has 1 aliphatic heterocycles. The smallest absolute Gasteiger partial charge is 0.244 e. The summed E-state index contributed by atoms with van der Waals surface area (Å²) in [7, 11) is -6.81. The molecule has 1 saturated heterocycles. The van der Waals surface area contributed by atoms with Crippen molar-refractivity contribution in [3.05, 3.63) is 11.9 Å². The van der Waals surface area contributed by atoms with Gasteiger partial charge in [-0.2, -0.15) is 5.10 Å². The molecule has 0 aromatic carbocycles. The van der Waals surface area contributed by atoms with Crippen molar-refractivity contribution >= 4 is 20.0 Å². The number of rotatable bonds is 5. The Labute approximate surface area is 125 Å². The summed E-state index contributed by atoms with van der Waals surface area (Å²) >= 11 is 0. The second kappa shape index (κ2) is 6.03. The summed E-state index contributed by atoms with van der Waals surface area (Å²) in [5.41, 5.74) is 0.480. The highest BCUT2D eigenvalue weighted by Crippen LogP contribution is 2.18. The third-order valence-electron chi connectivity index (χ3n) is 3.61. The normalized spacial score (nSPS) is 19.0. The van der Waals surface area contributed by atoms with Crippen LogP contribution in [0.25, 0.3) is 0 Å². The topological polar surface area (TPSA) is 112 Å². The summed E-state index contributed by atoms with van der Waals surface area (Å²) in [6, 6.07) is -0.257. The van der Waals surface area contributed by atoms with E-state index in [1.807, 2.05) is 0 Å². The van der Waals surface area contributed by atoms with E-state index in [0.29, 0.717) is 31.6 Å². The molecular formula is C11H20N4O4S2. The van der Waals surface area contributed by atoms with Crippen LogP contribution in [0, 0.1) is 6.92 Å². The van der Waals surface area contributed by atoms with Crippen LogP contribution in [0.1, 0.15) is 25.5 Å². The van der Waals surface area contributed by atoms with Crippen LogP contribution in [0.3, 0.4) is 0 Å². The van der Waals surface area contributed by atoms with Crippen LogP contribution in [-0.4, -0.2) is 56.2 Å². The van der Waals surface area contributed by atoms with Gasteiger partial charge in [-0.25, -0.2) is 25.9 Å². The predicted octanol–water partition coefficient (Wildman–Crippen LogP) is -0.189. The zero-order valence-electron chi connectivity index (χ0n) is 12.0. The molecule has 8 nitrogen and oxygen atoms in total. The molecule has 0 saturated carbocycles. The van der Waals surface area contributed by atoms with E-state index in [0.717, 1.165) is 0 Å². The predicted molar refractivity (Wildman–Crippen MR) is 77.7 cm³/mol. The zero-order chi connectivity index (χ0) is 15.7. The molecule has 2 N–H and O–H groups in total. The molecule has 2 heterocycles. The molecular weight excluding hydrogens is 316 g/mol. The van der Waals surface area contributed by atoms with Gasteiger partial charge in [-0.1, -0.05) is 0 Å². The monoisotopic (exact) mass is 336 g/mol. The van der Waals surface area contributed by atoms with Crippen LogP contribution in [0.5, 0.6) is 0 Å². The average molecular weight is 336 g/mol. The molecule has 1 aliphatic rings. The van der Waals surface area contributed by atoms with Gasteiger partial charge < -0.3 is 0 Å². The Bertz CT molecular complexity index is 688. The standard InChI is InChI=1S/C11H20N4O4S2/c1-3-20(16,17)15-6-4-10(5-7-15)14-21(18,19)11-8-12-13-9(11)2/h8,10,14H,3-7H2,1-2H3,(H,12,13). The van der Waals surface area contributed by atoms with Crippen LogP contribution < -0.4 is 4.72 Å². The number of sulfonamides is 2. The summed E-state index contributed by atoms with van der Waals surface area (Å²) < 4.78 is 52.0. The molecule has 1 aromatic rings. The van der Waals surface area contributed by atoms with Gasteiger partial charge >= 0.3 is 0 Å². The van der Waals surface area contributed by atoms with Crippen molar-refractivity contribution in [3.63, 3.8) is 0 Å². The maximum absolute atomic E-state index is 12.2. The second-order valence-electron chi connectivity index (χ2n) is 5.05. The lowest BCUT2D eigenvalue weighted by atomic mass is 10.1. The van der Waals surface area contributed by atoms with E-state index in [9.17, 15) is 16.8 Å². The maximum Gasteiger partial charge on any atom is 0.244 e. The van der Waals surface area contributed by atoms with Gasteiger partial charge in [-0.3, -0.25) is 5.10 Å². The van der Waals surface area contributed by atoms with Gasteiger partial charge in [0.25, 0.3) is 0 Å². The van der Waals surface area contributed by atoms with Crippen molar-refractivity contribution in [2.45, 2.75) is 37.6 Å². The van der Waals surface area contributed by atoms with Gasteiger partial charge in [-0.15, -0.1) is 0 Å². The van der Waals surface area contributed by atoms with Gasteiger partial charge in [0, 0.05) is 19.1 Å². The minimum Gasteiger partial charge on any atom is -0.281 e. The first-order chi connectivity index (χ1) is 9.76. The van der Waals surface area contributed by atoms with Gasteiger partial charge in [0.1, 0.15) is 4.90 Å². The van der Waals surface area contributed by atoms with Crippen LogP contribution in [0.2, 0.25) is 0 Å². The van der Waals surface area contributed by atoms with Crippen molar-refractivity contribution in [1.29, 1.82) is 0 Å². The largest absolute Gasteiger partial charge is 0.281 e. The Hall–Kier alpha value is -0.970. The molecule has 0 unspecified atom stereocenters. The number of aromatic nitrogens is 2. The molecule has 0 bridgehead atoms. The number of hydrogen-bond donors (Lipinski definition) is 2. The maximum atomic E-state index is 12.2. The summed E-state index contributed by atoms with van der Waals surface area (Å²) in [6.07, 6.45) is 2.21. The van der Waals surface area contributed by atoms with E-state index < -0.39 is 20.0 Å². The van der Waals surface area contributed by atoms with E-state index in [1.54, 1.807) is 13.8 Å². The Morgan fingerprint density at radius 2 is 1.95 bits per heavy atom. The van der Waals surface area contributed by atoms with Crippen molar-refractivity contribution < 1.29 is 16.8 Å². The number of piperidine rings is 1. The van der Waals surface area contributed by atoms with Crippen molar-refractivity contribution in [3.8, 4) is 0 Å². The van der Waals surface area contributed by atoms with Crippen molar-refractivity contribution in [2.75, 3.05) is 18.8 Å². The van der Waals surface area contributed by atoms with Crippen LogP contribution in [-0.2, 0) is 20.0 Å². The van der Waals surface area contributed by atoms with E-state index in [1.165, 1.54) is 10.5 Å². The Morgan fingerprint density at radius 3 is 2.43 bits per heavy atom. The van der Waals surface area contributed by atoms with Crippen LogP contribution >= 0.6 is 0 Å². The lowest BCUT2D eigenvalue weighted by Gasteiger charge is -2.31. The highest BCUT2D eigenvalue weighted by atomic mass is 32.2. The molecule has 120 valence electrons. The first kappa shape index (κ1) is 16.4. The summed E-state index contributed by atoms with van der Waals surface area (Å²) in [6.45, 7) is 3.92. The van der Waals surface area contributed by atoms with E-state index in [4.69, 9.17) is 0 Å². The molecule has 1 aromatic heterocycles. The lowest BCUT2D eigenvalue weighted by molar-refractivity contribution is 0.309. The van der Waals surface area contributed by atoms with Crippen LogP contribution in [0.4, 0.5) is 0 Å². The Balaban J connectivity index is 2.00. The molecule has 0 radical (unpaired) electrons. The molecule has 10 heteroatoms. The third kappa shape index (κ3) is 3.62. The zero-order valence-corrected chi connectivity index (χ0v) is 13.7. The fourth-order valence-electron chi connectivity index (χ4n) is 2.33. The Morgan fingerprint density at radius 1 is 1.33 bits per heavy atom. The minimum atomic E-state index is -3.62. The Kier molecular flexibility index (Phi) is 4.71. The fourth-order valence-corrected chi connectivity index (χ4v) is 4.90. The average Bonchev–Trinajstić information content (AvgIpc) is 2.86. The number of hydrogen-bond acceptors (Lipinski definition) is 5. The molecule has 21 heavy (non-hydrogen) atoms. The summed E-state index contributed by atoms with van der Waals surface area (Å²) in [5.74, 6) is 0.0671. The molecule has 0 spiro atoms. The summed E-state index contributed by atoms with van der Waals surface area (Å²) in [4.78, 5) is 0.131. The van der Waals surface area contributed by atoms with Gasteiger partial charge in [-0.05, 0) is 26.7 Å². The second-order valence-corrected chi connectivity index (χ2v) is 8.99. The van der Waals surface area contributed by atoms with E-state index >= 15 is 0 Å². The number of aromatic amines is 1. The van der Waals surface area contributed by atoms with Crippen molar-refractivity contribution in [2.24, 2.45) is 0 Å². The number of H-pyrrole nitrogens is 1. The van der Waals surface area contributed by atoms with Crippen molar-refractivity contribution in [1.82, 2.24) is 19.2 Å². The SMILES string of the molecule is CCS(=O)(=O)N1CCC(NS(=O)(=O)c2cn[nH]c2C)CC1. The third-order valence-corrected chi connectivity index (χ3v) is 7.12. The number of nitrogens with zero attached hydrogens (tertiary/aromatic N) is 2. The first-order valence-electron chi connectivity index (χ1n) is 6.76. The minimum absolute atomic E-state index is 0.0671. The van der Waals surface area contributed by atoms with E-state index in [2.05, 4.69) is 14.9 Å². The summed E-state index contributed by atoms with van der Waals surface area (Å²) in [5, 5.41) is 6.29. The van der Waals surface area contributed by atoms with Gasteiger partial charge in [0.05, 0.1) is 17.6 Å². The number of aryl methyl sites for hydroxylation is 1. The molecule has 0 atom stereocenters. The highest BCUT2D eigenvalue weighted by Gasteiger charge is 2.30. The highest BCUT2D eigenvalue weighted by molar-refractivity contribution is 7.89. The quantitative estimate of drug-likeness (QED) is 0.774. The van der Waals surface area contributed by atoms with Crippen LogP contribution in [0.15, 0.2) is 11.1 Å². The fraction of sp³-hybridized carbons (Fsp3) is 0.727. The molecule has 2 rings (SSSR count). The van der Waals surface area contributed by atoms with E-state index in [-0.39, 0.29) is 16.7 Å². The molecule has 1 fully saturated rings. The lowest BCUT2D eigenvalue weighted by Crippen LogP contribution is -2.46. The van der Waals surface area contributed by atoms with Gasteiger partial charge in [0.15, 0.2) is 0 Å².